The molecule has 1 aliphatic heterocycles. The lowest BCUT2D eigenvalue weighted by Gasteiger charge is -2.08. The third kappa shape index (κ3) is 3.43. The number of amides is 2. The Bertz CT molecular complexity index is 727. The van der Waals surface area contributed by atoms with Gasteiger partial charge < -0.3 is 15.8 Å². The molecule has 3 rings (SSSR count). The van der Waals surface area contributed by atoms with Gasteiger partial charge in [0, 0.05) is 4.88 Å². The summed E-state index contributed by atoms with van der Waals surface area (Å²) in [5.41, 5.74) is 6.78. The fraction of sp³-hybridized carbons (Fsp3) is 0.294. The van der Waals surface area contributed by atoms with Gasteiger partial charge in [-0.2, -0.15) is 0 Å². The maximum absolute atomic E-state index is 12.3. The van der Waals surface area contributed by atoms with Crippen LogP contribution in [0.1, 0.15) is 23.7 Å². The molecule has 0 radical (unpaired) electrons. The van der Waals surface area contributed by atoms with Gasteiger partial charge in [0.1, 0.15) is 5.00 Å². The van der Waals surface area contributed by atoms with Crippen molar-refractivity contribution in [2.75, 3.05) is 11.9 Å². The predicted molar refractivity (Wildman–Crippen MR) is 90.4 cm³/mol. The number of rotatable bonds is 4. The zero-order chi connectivity index (χ0) is 16.4. The number of ether oxygens (including phenoxy) is 1. The molecule has 2 atom stereocenters. The lowest BCUT2D eigenvalue weighted by molar-refractivity contribution is -0.119. The molecule has 2 unspecified atom stereocenters. The highest BCUT2D eigenvalue weighted by Crippen LogP contribution is 2.35. The van der Waals surface area contributed by atoms with Gasteiger partial charge in [0.05, 0.1) is 24.2 Å². The molecular formula is C17H18N2O3S. The van der Waals surface area contributed by atoms with Crippen LogP contribution in [0, 0.1) is 5.92 Å². The van der Waals surface area contributed by atoms with E-state index in [1.165, 1.54) is 11.3 Å². The lowest BCUT2D eigenvalue weighted by Crippen LogP contribution is -2.24. The molecule has 23 heavy (non-hydrogen) atoms. The van der Waals surface area contributed by atoms with E-state index in [9.17, 15) is 9.59 Å². The Balaban J connectivity index is 1.85. The van der Waals surface area contributed by atoms with Crippen LogP contribution in [-0.2, 0) is 9.53 Å². The van der Waals surface area contributed by atoms with Crippen LogP contribution < -0.4 is 11.1 Å². The minimum Gasteiger partial charge on any atom is -0.378 e. The molecule has 0 saturated carbocycles. The van der Waals surface area contributed by atoms with Crippen LogP contribution in [0.25, 0.3) is 10.4 Å². The van der Waals surface area contributed by atoms with E-state index in [1.54, 1.807) is 6.07 Å². The minimum atomic E-state index is -0.547. The number of carbonyl (C=O) groups excluding carboxylic acids is 2. The predicted octanol–water partition coefficient (Wildman–Crippen LogP) is 2.88. The quantitative estimate of drug-likeness (QED) is 0.904. The van der Waals surface area contributed by atoms with Crippen LogP contribution in [0.2, 0.25) is 0 Å². The summed E-state index contributed by atoms with van der Waals surface area (Å²) in [7, 11) is 0. The number of hydrogen-bond acceptors (Lipinski definition) is 4. The van der Waals surface area contributed by atoms with Crippen LogP contribution >= 0.6 is 11.3 Å². The van der Waals surface area contributed by atoms with Gasteiger partial charge in [0.15, 0.2) is 0 Å². The molecule has 6 heteroatoms. The van der Waals surface area contributed by atoms with Gasteiger partial charge >= 0.3 is 0 Å². The van der Waals surface area contributed by atoms with E-state index in [4.69, 9.17) is 10.5 Å². The Kier molecular flexibility index (Phi) is 4.45. The van der Waals surface area contributed by atoms with Crippen molar-refractivity contribution >= 4 is 28.2 Å². The molecular weight excluding hydrogens is 312 g/mol. The summed E-state index contributed by atoms with van der Waals surface area (Å²) in [6.07, 6.45) is 0.777. The second kappa shape index (κ2) is 6.52. The largest absolute Gasteiger partial charge is 0.378 e. The summed E-state index contributed by atoms with van der Waals surface area (Å²) in [5, 5.41) is 3.34. The van der Waals surface area contributed by atoms with Gasteiger partial charge in [-0.05, 0) is 25.0 Å². The molecule has 1 aliphatic rings. The summed E-state index contributed by atoms with van der Waals surface area (Å²) in [6, 6.07) is 11.4. The Labute approximate surface area is 138 Å². The summed E-state index contributed by atoms with van der Waals surface area (Å²) in [4.78, 5) is 24.9. The molecule has 1 fully saturated rings. The first-order valence-corrected chi connectivity index (χ1v) is 8.27. The van der Waals surface area contributed by atoms with Crippen molar-refractivity contribution in [2.24, 2.45) is 11.7 Å². The number of benzene rings is 1. The van der Waals surface area contributed by atoms with Gasteiger partial charge in [-0.3, -0.25) is 9.59 Å². The first-order valence-electron chi connectivity index (χ1n) is 7.46. The second-order valence-electron chi connectivity index (χ2n) is 5.65. The maximum atomic E-state index is 12.3. The van der Waals surface area contributed by atoms with Crippen LogP contribution in [0.4, 0.5) is 5.00 Å². The molecule has 1 aromatic carbocycles. The smallest absolute Gasteiger partial charge is 0.251 e. The van der Waals surface area contributed by atoms with Crippen LogP contribution in [0.3, 0.4) is 0 Å². The third-order valence-corrected chi connectivity index (χ3v) is 4.96. The zero-order valence-corrected chi connectivity index (χ0v) is 13.6. The van der Waals surface area contributed by atoms with E-state index < -0.39 is 5.91 Å². The Morgan fingerprint density at radius 1 is 1.30 bits per heavy atom. The number of anilines is 1. The Morgan fingerprint density at radius 2 is 2.04 bits per heavy atom. The fourth-order valence-electron chi connectivity index (χ4n) is 2.63. The fourth-order valence-corrected chi connectivity index (χ4v) is 3.70. The van der Waals surface area contributed by atoms with Crippen molar-refractivity contribution in [3.05, 3.63) is 42.0 Å². The topological polar surface area (TPSA) is 81.4 Å². The molecule has 0 spiro atoms. The average molecular weight is 330 g/mol. The van der Waals surface area contributed by atoms with Crippen molar-refractivity contribution < 1.29 is 14.3 Å². The third-order valence-electron chi connectivity index (χ3n) is 3.86. The number of carbonyl (C=O) groups is 2. The van der Waals surface area contributed by atoms with Crippen molar-refractivity contribution in [3.63, 3.8) is 0 Å². The summed E-state index contributed by atoms with van der Waals surface area (Å²) in [6.45, 7) is 2.36. The molecule has 0 bridgehead atoms. The molecule has 2 heterocycles. The normalized spacial score (nSPS) is 20.4. The average Bonchev–Trinajstić information content (AvgIpc) is 3.15. The first kappa shape index (κ1) is 15.7. The first-order chi connectivity index (χ1) is 11.0. The number of hydrogen-bond donors (Lipinski definition) is 2. The van der Waals surface area contributed by atoms with Crippen LogP contribution in [-0.4, -0.2) is 24.5 Å². The van der Waals surface area contributed by atoms with E-state index in [-0.39, 0.29) is 17.9 Å². The maximum Gasteiger partial charge on any atom is 0.251 e. The van der Waals surface area contributed by atoms with Crippen molar-refractivity contribution in [1.29, 1.82) is 0 Å². The number of nitrogens with one attached hydrogen (secondary N) is 1. The van der Waals surface area contributed by atoms with Gasteiger partial charge in [-0.1, -0.05) is 30.3 Å². The molecule has 2 aromatic rings. The lowest BCUT2D eigenvalue weighted by atomic mass is 10.1. The van der Waals surface area contributed by atoms with E-state index in [0.29, 0.717) is 23.6 Å². The highest BCUT2D eigenvalue weighted by atomic mass is 32.1. The van der Waals surface area contributed by atoms with Crippen LogP contribution in [0.5, 0.6) is 0 Å². The van der Waals surface area contributed by atoms with E-state index >= 15 is 0 Å². The Hall–Kier alpha value is -2.18. The second-order valence-corrected chi connectivity index (χ2v) is 6.70. The Morgan fingerprint density at radius 3 is 2.65 bits per heavy atom. The molecule has 2 amide bonds. The standard InChI is InChI=1S/C17H18N2O3S/c1-10-7-12(9-22-10)16(21)19-17-13(15(18)20)8-14(23-17)11-5-3-2-4-6-11/h2-6,8,10,12H,7,9H2,1H3,(H2,18,20)(H,19,21). The van der Waals surface area contributed by atoms with Crippen molar-refractivity contribution in [3.8, 4) is 10.4 Å². The number of nitrogens with two attached hydrogens (primary N) is 1. The van der Waals surface area contributed by atoms with Crippen molar-refractivity contribution in [1.82, 2.24) is 0 Å². The van der Waals surface area contributed by atoms with Gasteiger partial charge in [-0.25, -0.2) is 0 Å². The molecule has 3 N–H and O–H groups in total. The molecule has 1 aromatic heterocycles. The molecule has 5 nitrogen and oxygen atoms in total. The van der Waals surface area contributed by atoms with Crippen molar-refractivity contribution in [2.45, 2.75) is 19.4 Å². The zero-order valence-electron chi connectivity index (χ0n) is 12.7. The SMILES string of the molecule is CC1CC(C(=O)Nc2sc(-c3ccccc3)cc2C(N)=O)CO1. The molecule has 1 saturated heterocycles. The van der Waals surface area contributed by atoms with E-state index in [1.807, 2.05) is 37.3 Å². The minimum absolute atomic E-state index is 0.0876. The molecule has 0 aliphatic carbocycles. The van der Waals surface area contributed by atoms with E-state index in [0.717, 1.165) is 10.4 Å². The van der Waals surface area contributed by atoms with Gasteiger partial charge in [-0.15, -0.1) is 11.3 Å². The number of primary amides is 1. The van der Waals surface area contributed by atoms with E-state index in [2.05, 4.69) is 5.32 Å². The highest BCUT2D eigenvalue weighted by molar-refractivity contribution is 7.20. The highest BCUT2D eigenvalue weighted by Gasteiger charge is 2.29. The van der Waals surface area contributed by atoms with Gasteiger partial charge in [0.2, 0.25) is 5.91 Å². The molecule has 120 valence electrons. The number of thiophene rings is 1. The summed E-state index contributed by atoms with van der Waals surface area (Å²) in [5.74, 6) is -0.860. The monoisotopic (exact) mass is 330 g/mol. The van der Waals surface area contributed by atoms with Gasteiger partial charge in [0.25, 0.3) is 5.91 Å². The van der Waals surface area contributed by atoms with Crippen LogP contribution in [0.15, 0.2) is 36.4 Å². The summed E-state index contributed by atoms with van der Waals surface area (Å²) < 4.78 is 5.43. The summed E-state index contributed by atoms with van der Waals surface area (Å²) >= 11 is 1.36.